The van der Waals surface area contributed by atoms with Crippen LogP contribution in [0.2, 0.25) is 0 Å². The van der Waals surface area contributed by atoms with Crippen molar-refractivity contribution in [3.8, 4) is 11.5 Å². The van der Waals surface area contributed by atoms with Gasteiger partial charge in [0.25, 0.3) is 11.7 Å². The van der Waals surface area contributed by atoms with Crippen LogP contribution >= 0.6 is 15.9 Å². The van der Waals surface area contributed by atoms with Crippen LogP contribution in [0.25, 0.3) is 5.76 Å². The Morgan fingerprint density at radius 1 is 1.00 bits per heavy atom. The van der Waals surface area contributed by atoms with Crippen LogP contribution in [0.1, 0.15) is 36.6 Å². The van der Waals surface area contributed by atoms with Crippen molar-refractivity contribution in [2.75, 3.05) is 7.11 Å². The van der Waals surface area contributed by atoms with Crippen LogP contribution in [0.15, 0.2) is 82.8 Å². The van der Waals surface area contributed by atoms with E-state index in [0.29, 0.717) is 22.6 Å². The van der Waals surface area contributed by atoms with Gasteiger partial charge in [-0.1, -0.05) is 52.3 Å². The van der Waals surface area contributed by atoms with E-state index in [1.165, 1.54) is 4.90 Å². The predicted molar refractivity (Wildman–Crippen MR) is 137 cm³/mol. The number of ether oxygens (including phenoxy) is 2. The highest BCUT2D eigenvalue weighted by Gasteiger charge is 2.46. The summed E-state index contributed by atoms with van der Waals surface area (Å²) in [4.78, 5) is 28.0. The summed E-state index contributed by atoms with van der Waals surface area (Å²) < 4.78 is 12.0. The molecule has 7 heteroatoms. The number of amides is 1. The molecule has 1 amide bonds. The summed E-state index contributed by atoms with van der Waals surface area (Å²) in [5, 5.41) is 11.2. The van der Waals surface area contributed by atoms with Gasteiger partial charge < -0.3 is 19.5 Å². The molecule has 0 radical (unpaired) electrons. The summed E-state index contributed by atoms with van der Waals surface area (Å²) in [5.41, 5.74) is 1.96. The van der Waals surface area contributed by atoms with Gasteiger partial charge in [-0.2, -0.15) is 0 Å². The summed E-state index contributed by atoms with van der Waals surface area (Å²) in [7, 11) is 1.55. The quantitative estimate of drug-likeness (QED) is 0.232. The SMILES string of the molecule is COc1cccc(C2/C(=C(/O)c3ccc(Br)cc3)C(=O)C(=O)N2Cc2cccc(OC(C)C)c2)c1. The van der Waals surface area contributed by atoms with Crippen molar-refractivity contribution in [2.24, 2.45) is 0 Å². The van der Waals surface area contributed by atoms with E-state index in [0.717, 1.165) is 10.0 Å². The number of carbonyl (C=O) groups is 2. The molecule has 1 atom stereocenters. The van der Waals surface area contributed by atoms with Gasteiger partial charge in [-0.25, -0.2) is 0 Å². The van der Waals surface area contributed by atoms with E-state index in [1.807, 2.05) is 44.2 Å². The van der Waals surface area contributed by atoms with Gasteiger partial charge in [-0.05, 0) is 61.4 Å². The smallest absolute Gasteiger partial charge is 0.295 e. The molecule has 180 valence electrons. The maximum absolute atomic E-state index is 13.3. The van der Waals surface area contributed by atoms with Crippen molar-refractivity contribution in [3.05, 3.63) is 99.5 Å². The van der Waals surface area contributed by atoms with Crippen molar-refractivity contribution >= 4 is 33.4 Å². The topological polar surface area (TPSA) is 76.1 Å². The van der Waals surface area contributed by atoms with Crippen molar-refractivity contribution in [3.63, 3.8) is 0 Å². The van der Waals surface area contributed by atoms with Crippen molar-refractivity contribution in [2.45, 2.75) is 32.5 Å². The first-order valence-electron chi connectivity index (χ1n) is 11.2. The standard InChI is InChI=1S/C28H26BrNO5/c1-17(2)35-23-9-4-6-18(14-23)16-30-25(20-7-5-8-22(15-20)34-3)24(27(32)28(30)33)26(31)19-10-12-21(29)13-11-19/h4-15,17,25,31H,16H2,1-3H3/b26-24-. The summed E-state index contributed by atoms with van der Waals surface area (Å²) in [6, 6.07) is 20.8. The zero-order valence-corrected chi connectivity index (χ0v) is 21.3. The van der Waals surface area contributed by atoms with Crippen molar-refractivity contribution < 1.29 is 24.2 Å². The molecule has 0 spiro atoms. The Bertz CT molecular complexity index is 1280. The molecule has 3 aromatic rings. The maximum Gasteiger partial charge on any atom is 0.295 e. The lowest BCUT2D eigenvalue weighted by atomic mass is 9.95. The Balaban J connectivity index is 1.82. The third-order valence-corrected chi connectivity index (χ3v) is 6.22. The van der Waals surface area contributed by atoms with E-state index in [2.05, 4.69) is 15.9 Å². The number of benzene rings is 3. The first-order valence-corrected chi connectivity index (χ1v) is 12.0. The number of likely N-dealkylation sites (tertiary alicyclic amines) is 1. The van der Waals surface area contributed by atoms with Crippen LogP contribution < -0.4 is 9.47 Å². The van der Waals surface area contributed by atoms with E-state index in [1.54, 1.807) is 49.6 Å². The number of aliphatic hydroxyl groups is 1. The van der Waals surface area contributed by atoms with E-state index in [4.69, 9.17) is 9.47 Å². The summed E-state index contributed by atoms with van der Waals surface area (Å²) >= 11 is 3.38. The highest BCUT2D eigenvalue weighted by molar-refractivity contribution is 9.10. The maximum atomic E-state index is 13.3. The molecule has 0 aliphatic carbocycles. The molecule has 1 aliphatic rings. The molecular formula is C28H26BrNO5. The minimum absolute atomic E-state index is 0.00201. The largest absolute Gasteiger partial charge is 0.507 e. The molecule has 0 aromatic heterocycles. The number of methoxy groups -OCH3 is 1. The molecule has 6 nitrogen and oxygen atoms in total. The molecule has 4 rings (SSSR count). The number of rotatable bonds is 7. The molecule has 1 aliphatic heterocycles. The number of nitrogens with zero attached hydrogens (tertiary/aromatic N) is 1. The fraction of sp³-hybridized carbons (Fsp3) is 0.214. The summed E-state index contributed by atoms with van der Waals surface area (Å²) in [6.07, 6.45) is 0.00201. The predicted octanol–water partition coefficient (Wildman–Crippen LogP) is 5.87. The van der Waals surface area contributed by atoms with Crippen molar-refractivity contribution in [1.82, 2.24) is 4.90 Å². The highest BCUT2D eigenvalue weighted by atomic mass is 79.9. The molecule has 0 saturated carbocycles. The molecule has 1 saturated heterocycles. The summed E-state index contributed by atoms with van der Waals surface area (Å²) in [6.45, 7) is 4.05. The third-order valence-electron chi connectivity index (χ3n) is 5.69. The number of hydrogen-bond donors (Lipinski definition) is 1. The molecule has 0 bridgehead atoms. The Labute approximate surface area is 212 Å². The van der Waals surface area contributed by atoms with Crippen LogP contribution in [-0.2, 0) is 16.1 Å². The average molecular weight is 536 g/mol. The monoisotopic (exact) mass is 535 g/mol. The normalized spacial score (nSPS) is 17.2. The molecule has 1 unspecified atom stereocenters. The van der Waals surface area contributed by atoms with Gasteiger partial charge in [0, 0.05) is 16.6 Å². The number of hydrogen-bond acceptors (Lipinski definition) is 5. The van der Waals surface area contributed by atoms with Crippen LogP contribution in [0.3, 0.4) is 0 Å². The fourth-order valence-corrected chi connectivity index (χ4v) is 4.41. The lowest BCUT2D eigenvalue weighted by molar-refractivity contribution is -0.140. The van der Waals surface area contributed by atoms with E-state index >= 15 is 0 Å². The molecule has 1 fully saturated rings. The second-order valence-electron chi connectivity index (χ2n) is 8.52. The summed E-state index contributed by atoms with van der Waals surface area (Å²) in [5.74, 6) is -0.353. The number of Topliss-reactive ketones (excluding diaryl/α,β-unsaturated/α-hetero) is 1. The van der Waals surface area contributed by atoms with Crippen LogP contribution in [0.4, 0.5) is 0 Å². The Kier molecular flexibility index (Phi) is 7.26. The highest BCUT2D eigenvalue weighted by Crippen LogP contribution is 2.41. The molecular weight excluding hydrogens is 510 g/mol. The van der Waals surface area contributed by atoms with E-state index in [-0.39, 0.29) is 24.0 Å². The van der Waals surface area contributed by atoms with Gasteiger partial charge in [0.2, 0.25) is 0 Å². The Morgan fingerprint density at radius 3 is 2.37 bits per heavy atom. The number of ketones is 1. The number of aliphatic hydroxyl groups excluding tert-OH is 1. The molecule has 35 heavy (non-hydrogen) atoms. The van der Waals surface area contributed by atoms with Crippen LogP contribution in [0, 0.1) is 0 Å². The zero-order valence-electron chi connectivity index (χ0n) is 19.7. The van der Waals surface area contributed by atoms with Crippen LogP contribution in [0.5, 0.6) is 11.5 Å². The third kappa shape index (κ3) is 5.25. The fourth-order valence-electron chi connectivity index (χ4n) is 4.15. The zero-order chi connectivity index (χ0) is 25.1. The van der Waals surface area contributed by atoms with E-state index < -0.39 is 17.7 Å². The lowest BCUT2D eigenvalue weighted by Gasteiger charge is -2.26. The minimum Gasteiger partial charge on any atom is -0.507 e. The van der Waals surface area contributed by atoms with Gasteiger partial charge in [-0.15, -0.1) is 0 Å². The van der Waals surface area contributed by atoms with E-state index in [9.17, 15) is 14.7 Å². The lowest BCUT2D eigenvalue weighted by Crippen LogP contribution is -2.29. The molecule has 3 aromatic carbocycles. The number of halogens is 1. The van der Waals surface area contributed by atoms with Gasteiger partial charge in [0.05, 0.1) is 24.8 Å². The molecule has 1 N–H and O–H groups in total. The average Bonchev–Trinajstić information content (AvgIpc) is 3.09. The second-order valence-corrected chi connectivity index (χ2v) is 9.44. The van der Waals surface area contributed by atoms with Gasteiger partial charge in [0.15, 0.2) is 0 Å². The first-order chi connectivity index (χ1) is 16.8. The van der Waals surface area contributed by atoms with Gasteiger partial charge >= 0.3 is 0 Å². The van der Waals surface area contributed by atoms with Crippen molar-refractivity contribution in [1.29, 1.82) is 0 Å². The minimum atomic E-state index is -0.788. The Morgan fingerprint density at radius 2 is 1.69 bits per heavy atom. The van der Waals surface area contributed by atoms with Gasteiger partial charge in [-0.3, -0.25) is 9.59 Å². The van der Waals surface area contributed by atoms with Gasteiger partial charge in [0.1, 0.15) is 17.3 Å². The van der Waals surface area contributed by atoms with Crippen LogP contribution in [-0.4, -0.2) is 34.9 Å². The Hall–Kier alpha value is -3.58. The first kappa shape index (κ1) is 24.5. The number of carbonyl (C=O) groups excluding carboxylic acids is 2. The second kappa shape index (κ2) is 10.4. The molecule has 1 heterocycles.